The molecule has 0 radical (unpaired) electrons. The van der Waals surface area contributed by atoms with Crippen molar-refractivity contribution in [2.24, 2.45) is 5.92 Å². The maximum absolute atomic E-state index is 11.7. The first kappa shape index (κ1) is 9.69. The summed E-state index contributed by atoms with van der Waals surface area (Å²) < 4.78 is 0. The maximum Gasteiger partial charge on any atom is 0.223 e. The molecule has 2 saturated carbocycles. The molecule has 78 valence electrons. The first-order chi connectivity index (χ1) is 6.75. The highest BCUT2D eigenvalue weighted by atomic mass is 16.2. The Hall–Kier alpha value is -0.860. The van der Waals surface area contributed by atoms with E-state index in [1.54, 1.807) is 0 Å². The molecule has 2 rings (SSSR count). The van der Waals surface area contributed by atoms with Crippen LogP contribution in [0.1, 0.15) is 44.9 Å². The topological polar surface area (TPSA) is 46.2 Å². The van der Waals surface area contributed by atoms with Crippen molar-refractivity contribution in [3.05, 3.63) is 0 Å². The molecule has 1 amide bonds. The summed E-state index contributed by atoms with van der Waals surface area (Å²) in [4.78, 5) is 22.7. The number of carbonyl (C=O) groups is 2. The molecule has 0 aromatic rings. The predicted molar refractivity (Wildman–Crippen MR) is 52.7 cm³/mol. The van der Waals surface area contributed by atoms with Crippen molar-refractivity contribution < 1.29 is 9.59 Å². The Labute approximate surface area is 84.2 Å². The molecule has 0 saturated heterocycles. The Morgan fingerprint density at radius 1 is 1.14 bits per heavy atom. The summed E-state index contributed by atoms with van der Waals surface area (Å²) in [6, 6.07) is 0.431. The average Bonchev–Trinajstić information content (AvgIpc) is 2.12. The summed E-state index contributed by atoms with van der Waals surface area (Å²) in [5.74, 6) is 0.605. The van der Waals surface area contributed by atoms with E-state index in [2.05, 4.69) is 5.32 Å². The summed E-state index contributed by atoms with van der Waals surface area (Å²) in [7, 11) is 0. The van der Waals surface area contributed by atoms with Crippen molar-refractivity contribution in [3.63, 3.8) is 0 Å². The molecule has 3 nitrogen and oxygen atoms in total. The zero-order chi connectivity index (χ0) is 9.97. The minimum Gasteiger partial charge on any atom is -0.353 e. The van der Waals surface area contributed by atoms with Gasteiger partial charge in [-0.1, -0.05) is 0 Å². The number of ketones is 1. The van der Waals surface area contributed by atoms with Crippen LogP contribution in [0, 0.1) is 5.92 Å². The predicted octanol–water partition coefficient (Wildman–Crippen LogP) is 1.41. The van der Waals surface area contributed by atoms with E-state index < -0.39 is 0 Å². The molecular formula is C11H17NO2. The molecule has 14 heavy (non-hydrogen) atoms. The van der Waals surface area contributed by atoms with Crippen molar-refractivity contribution in [3.8, 4) is 0 Å². The second kappa shape index (κ2) is 4.11. The standard InChI is InChI=1S/C11H17NO2/c13-10-6-4-8(5-7-10)11(14)12-9-2-1-3-9/h8-9H,1-7H2,(H,12,14). The maximum atomic E-state index is 11.7. The van der Waals surface area contributed by atoms with Crippen LogP contribution in [0.4, 0.5) is 0 Å². The lowest BCUT2D eigenvalue weighted by Gasteiger charge is -2.29. The molecule has 3 heteroatoms. The minimum atomic E-state index is 0.105. The molecule has 2 aliphatic carbocycles. The third-order valence-corrected chi connectivity index (χ3v) is 3.37. The molecule has 0 aromatic carbocycles. The van der Waals surface area contributed by atoms with Crippen LogP contribution in [0.2, 0.25) is 0 Å². The second-order valence-corrected chi connectivity index (χ2v) is 4.45. The zero-order valence-electron chi connectivity index (χ0n) is 8.42. The number of nitrogens with one attached hydrogen (secondary N) is 1. The smallest absolute Gasteiger partial charge is 0.223 e. The van der Waals surface area contributed by atoms with Crippen LogP contribution in [-0.2, 0) is 9.59 Å². The highest BCUT2D eigenvalue weighted by Gasteiger charge is 2.27. The van der Waals surface area contributed by atoms with Gasteiger partial charge in [-0.05, 0) is 32.1 Å². The summed E-state index contributed by atoms with van der Waals surface area (Å²) in [5, 5.41) is 3.05. The fraction of sp³-hybridized carbons (Fsp3) is 0.818. The largest absolute Gasteiger partial charge is 0.353 e. The van der Waals surface area contributed by atoms with Crippen LogP contribution < -0.4 is 5.32 Å². The lowest BCUT2D eigenvalue weighted by Crippen LogP contribution is -2.43. The molecule has 0 spiro atoms. The van der Waals surface area contributed by atoms with E-state index in [0.717, 1.165) is 25.7 Å². The fourth-order valence-electron chi connectivity index (χ4n) is 2.07. The van der Waals surface area contributed by atoms with E-state index in [-0.39, 0.29) is 11.8 Å². The van der Waals surface area contributed by atoms with Gasteiger partial charge in [0.25, 0.3) is 0 Å². The van der Waals surface area contributed by atoms with Crippen LogP contribution in [0.3, 0.4) is 0 Å². The average molecular weight is 195 g/mol. The molecule has 2 aliphatic rings. The molecule has 0 aromatic heterocycles. The van der Waals surface area contributed by atoms with Crippen molar-refractivity contribution in [1.82, 2.24) is 5.32 Å². The second-order valence-electron chi connectivity index (χ2n) is 4.45. The van der Waals surface area contributed by atoms with Gasteiger partial charge in [0, 0.05) is 24.8 Å². The minimum absolute atomic E-state index is 0.105. The molecular weight excluding hydrogens is 178 g/mol. The van der Waals surface area contributed by atoms with Crippen molar-refractivity contribution >= 4 is 11.7 Å². The Kier molecular flexibility index (Phi) is 2.85. The van der Waals surface area contributed by atoms with Crippen molar-refractivity contribution in [2.45, 2.75) is 51.0 Å². The van der Waals surface area contributed by atoms with E-state index in [4.69, 9.17) is 0 Å². The number of Topliss-reactive ketones (excluding diaryl/α,β-unsaturated/α-hetero) is 1. The lowest BCUT2D eigenvalue weighted by atomic mass is 9.86. The molecule has 0 aliphatic heterocycles. The van der Waals surface area contributed by atoms with Crippen LogP contribution in [0.25, 0.3) is 0 Å². The third kappa shape index (κ3) is 2.14. The molecule has 0 bridgehead atoms. The molecule has 1 N–H and O–H groups in total. The Balaban J connectivity index is 1.76. The van der Waals surface area contributed by atoms with Gasteiger partial charge in [-0.15, -0.1) is 0 Å². The van der Waals surface area contributed by atoms with Gasteiger partial charge in [0.15, 0.2) is 0 Å². The van der Waals surface area contributed by atoms with Gasteiger partial charge in [-0.3, -0.25) is 9.59 Å². The SMILES string of the molecule is O=C1CCC(C(=O)NC2CCC2)CC1. The van der Waals surface area contributed by atoms with Gasteiger partial charge in [-0.25, -0.2) is 0 Å². The summed E-state index contributed by atoms with van der Waals surface area (Å²) in [6.45, 7) is 0. The third-order valence-electron chi connectivity index (χ3n) is 3.37. The molecule has 0 heterocycles. The van der Waals surface area contributed by atoms with Crippen LogP contribution in [0.15, 0.2) is 0 Å². The number of rotatable bonds is 2. The number of hydrogen-bond donors (Lipinski definition) is 1. The molecule has 2 fully saturated rings. The zero-order valence-corrected chi connectivity index (χ0v) is 8.42. The lowest BCUT2D eigenvalue weighted by molar-refractivity contribution is -0.129. The van der Waals surface area contributed by atoms with Gasteiger partial charge in [0.1, 0.15) is 5.78 Å². The first-order valence-electron chi connectivity index (χ1n) is 5.58. The van der Waals surface area contributed by atoms with E-state index >= 15 is 0 Å². The van der Waals surface area contributed by atoms with E-state index in [0.29, 0.717) is 24.7 Å². The number of amides is 1. The highest BCUT2D eigenvalue weighted by Crippen LogP contribution is 2.24. The summed E-state index contributed by atoms with van der Waals surface area (Å²) in [6.07, 6.45) is 6.24. The summed E-state index contributed by atoms with van der Waals surface area (Å²) in [5.41, 5.74) is 0. The van der Waals surface area contributed by atoms with E-state index in [1.807, 2.05) is 0 Å². The number of carbonyl (C=O) groups excluding carboxylic acids is 2. The fourth-order valence-corrected chi connectivity index (χ4v) is 2.07. The van der Waals surface area contributed by atoms with Gasteiger partial charge in [0.05, 0.1) is 0 Å². The van der Waals surface area contributed by atoms with Crippen molar-refractivity contribution in [1.29, 1.82) is 0 Å². The quantitative estimate of drug-likeness (QED) is 0.724. The van der Waals surface area contributed by atoms with Gasteiger partial charge in [-0.2, -0.15) is 0 Å². The monoisotopic (exact) mass is 195 g/mol. The van der Waals surface area contributed by atoms with Crippen LogP contribution >= 0.6 is 0 Å². The van der Waals surface area contributed by atoms with E-state index in [9.17, 15) is 9.59 Å². The van der Waals surface area contributed by atoms with Crippen LogP contribution in [-0.4, -0.2) is 17.7 Å². The molecule has 0 atom stereocenters. The number of hydrogen-bond acceptors (Lipinski definition) is 2. The molecule has 0 unspecified atom stereocenters. The summed E-state index contributed by atoms with van der Waals surface area (Å²) >= 11 is 0. The van der Waals surface area contributed by atoms with Gasteiger partial charge in [0.2, 0.25) is 5.91 Å². The Morgan fingerprint density at radius 3 is 2.29 bits per heavy atom. The van der Waals surface area contributed by atoms with Crippen LogP contribution in [0.5, 0.6) is 0 Å². The highest BCUT2D eigenvalue weighted by molar-refractivity contribution is 5.84. The normalized spacial score (nSPS) is 24.4. The van der Waals surface area contributed by atoms with Crippen molar-refractivity contribution in [2.75, 3.05) is 0 Å². The first-order valence-corrected chi connectivity index (χ1v) is 5.58. The van der Waals surface area contributed by atoms with Gasteiger partial charge < -0.3 is 5.32 Å². The Bertz CT molecular complexity index is 236. The van der Waals surface area contributed by atoms with E-state index in [1.165, 1.54) is 6.42 Å². The van der Waals surface area contributed by atoms with Gasteiger partial charge >= 0.3 is 0 Å². The Morgan fingerprint density at radius 2 is 1.79 bits per heavy atom.